The third-order valence-corrected chi connectivity index (χ3v) is 7.58. The number of hydrogen-bond donors (Lipinski definition) is 0. The van der Waals surface area contributed by atoms with Gasteiger partial charge in [-0.3, -0.25) is 4.79 Å². The average molecular weight is 544 g/mol. The first-order valence-electron chi connectivity index (χ1n) is 13.6. The highest BCUT2D eigenvalue weighted by atomic mass is 19.1. The van der Waals surface area contributed by atoms with Gasteiger partial charge >= 0.3 is 5.97 Å². The van der Waals surface area contributed by atoms with E-state index in [1.165, 1.54) is 13.2 Å². The van der Waals surface area contributed by atoms with Crippen LogP contribution in [0.1, 0.15) is 61.1 Å². The van der Waals surface area contributed by atoms with Crippen LogP contribution in [0, 0.1) is 30.0 Å². The van der Waals surface area contributed by atoms with E-state index in [0.29, 0.717) is 49.9 Å². The fourth-order valence-corrected chi connectivity index (χ4v) is 5.35. The van der Waals surface area contributed by atoms with Crippen molar-refractivity contribution in [3.8, 4) is 34.6 Å². The zero-order valence-corrected chi connectivity index (χ0v) is 23.4. The van der Waals surface area contributed by atoms with Gasteiger partial charge in [-0.25, -0.2) is 9.37 Å². The molecule has 2 atom stereocenters. The molecular formula is C33H34FNO5. The van der Waals surface area contributed by atoms with Gasteiger partial charge in [-0.2, -0.15) is 0 Å². The van der Waals surface area contributed by atoms with Gasteiger partial charge in [-0.15, -0.1) is 5.92 Å². The first-order chi connectivity index (χ1) is 19.3. The molecule has 0 saturated carbocycles. The van der Waals surface area contributed by atoms with Crippen LogP contribution in [0.4, 0.5) is 4.39 Å². The molecule has 2 aliphatic rings. The topological polar surface area (TPSA) is 66.9 Å². The molecule has 2 heterocycles. The van der Waals surface area contributed by atoms with Crippen molar-refractivity contribution in [2.75, 3.05) is 26.9 Å². The van der Waals surface area contributed by atoms with Crippen molar-refractivity contribution in [1.29, 1.82) is 0 Å². The Morgan fingerprint density at radius 3 is 2.55 bits per heavy atom. The maximum Gasteiger partial charge on any atom is 0.307 e. The van der Waals surface area contributed by atoms with Gasteiger partial charge in [-0.1, -0.05) is 31.0 Å². The number of rotatable bonds is 9. The fourth-order valence-electron chi connectivity index (χ4n) is 5.35. The Balaban J connectivity index is 1.33. The maximum absolute atomic E-state index is 15.2. The number of benzene rings is 2. The summed E-state index contributed by atoms with van der Waals surface area (Å²) in [6, 6.07) is 14.7. The average Bonchev–Trinajstić information content (AvgIpc) is 3.36. The highest BCUT2D eigenvalue weighted by molar-refractivity contribution is 5.72. The van der Waals surface area contributed by atoms with Crippen LogP contribution in [0.3, 0.4) is 0 Å². The molecule has 7 heteroatoms. The highest BCUT2D eigenvalue weighted by Crippen LogP contribution is 2.42. The number of aromatic nitrogens is 1. The first kappa shape index (κ1) is 27.7. The summed E-state index contributed by atoms with van der Waals surface area (Å²) in [7, 11) is 1.37. The van der Waals surface area contributed by atoms with E-state index >= 15 is 4.39 Å². The van der Waals surface area contributed by atoms with Crippen LogP contribution >= 0.6 is 0 Å². The predicted molar refractivity (Wildman–Crippen MR) is 150 cm³/mol. The van der Waals surface area contributed by atoms with Crippen LogP contribution in [0.25, 0.3) is 11.1 Å². The quantitative estimate of drug-likeness (QED) is 0.232. The summed E-state index contributed by atoms with van der Waals surface area (Å²) >= 11 is 0. The van der Waals surface area contributed by atoms with E-state index in [2.05, 4.69) is 23.7 Å². The molecule has 1 aromatic heterocycles. The number of carbonyl (C=O) groups excluding carboxylic acids is 1. The third kappa shape index (κ3) is 5.83. The number of esters is 1. The summed E-state index contributed by atoms with van der Waals surface area (Å²) in [6.45, 7) is 7.78. The van der Waals surface area contributed by atoms with Gasteiger partial charge in [0.15, 0.2) is 0 Å². The largest absolute Gasteiger partial charge is 0.486 e. The summed E-state index contributed by atoms with van der Waals surface area (Å²) < 4.78 is 37.5. The van der Waals surface area contributed by atoms with Crippen molar-refractivity contribution in [2.45, 2.75) is 52.1 Å². The molecule has 1 saturated heterocycles. The molecule has 208 valence electrons. The molecule has 2 aromatic carbocycles. The Hall–Kier alpha value is -3.89. The van der Waals surface area contributed by atoms with Crippen LogP contribution in [-0.2, 0) is 20.7 Å². The summed E-state index contributed by atoms with van der Waals surface area (Å²) in [6.07, 6.45) is 1.15. The van der Waals surface area contributed by atoms with Gasteiger partial charge in [-0.05, 0) is 67.6 Å². The van der Waals surface area contributed by atoms with Crippen LogP contribution in [0.15, 0.2) is 48.5 Å². The van der Waals surface area contributed by atoms with Gasteiger partial charge in [0, 0.05) is 28.3 Å². The van der Waals surface area contributed by atoms with Crippen LogP contribution in [-0.4, -0.2) is 37.9 Å². The molecule has 0 N–H and O–H groups in total. The highest BCUT2D eigenvalue weighted by Gasteiger charge is 2.34. The van der Waals surface area contributed by atoms with E-state index in [1.54, 1.807) is 6.92 Å². The summed E-state index contributed by atoms with van der Waals surface area (Å²) in [5, 5.41) is 0. The van der Waals surface area contributed by atoms with Crippen molar-refractivity contribution in [3.05, 3.63) is 76.7 Å². The molecule has 0 bridgehead atoms. The number of hydrogen-bond acceptors (Lipinski definition) is 6. The second kappa shape index (κ2) is 11.7. The van der Waals surface area contributed by atoms with Crippen LogP contribution in [0.5, 0.6) is 11.6 Å². The summed E-state index contributed by atoms with van der Waals surface area (Å²) in [4.78, 5) is 16.5. The van der Waals surface area contributed by atoms with E-state index in [4.69, 9.17) is 18.9 Å². The lowest BCUT2D eigenvalue weighted by atomic mass is 9.90. The summed E-state index contributed by atoms with van der Waals surface area (Å²) in [5.41, 5.74) is 5.25. The predicted octanol–water partition coefficient (Wildman–Crippen LogP) is 6.35. The SMILES string of the molecule is CC#C[C@@H](CC(=O)OC)c1ccc(O[C@@H]2CCc3c(-c4ccc(OCC5(C)COC5)nc4C)ccc(F)c32)cc1. The number of ether oxygens (including phenoxy) is 4. The minimum Gasteiger partial charge on any atom is -0.486 e. The Morgan fingerprint density at radius 2 is 1.90 bits per heavy atom. The van der Waals surface area contributed by atoms with Gasteiger partial charge in [0.25, 0.3) is 0 Å². The van der Waals surface area contributed by atoms with E-state index < -0.39 is 6.10 Å². The van der Waals surface area contributed by atoms with Crippen molar-refractivity contribution < 1.29 is 28.1 Å². The number of methoxy groups -OCH3 is 1. The number of halogens is 1. The lowest BCUT2D eigenvalue weighted by molar-refractivity contribution is -0.140. The van der Waals surface area contributed by atoms with Crippen molar-refractivity contribution in [2.24, 2.45) is 5.41 Å². The van der Waals surface area contributed by atoms with Gasteiger partial charge in [0.2, 0.25) is 5.88 Å². The molecule has 3 aromatic rings. The number of fused-ring (bicyclic) bond motifs is 1. The van der Waals surface area contributed by atoms with Crippen molar-refractivity contribution in [1.82, 2.24) is 4.98 Å². The molecule has 0 spiro atoms. The first-order valence-corrected chi connectivity index (χ1v) is 13.6. The Kier molecular flexibility index (Phi) is 8.09. The minimum absolute atomic E-state index is 0.0374. The Labute approximate surface area is 234 Å². The molecule has 1 fully saturated rings. The Morgan fingerprint density at radius 1 is 1.15 bits per heavy atom. The summed E-state index contributed by atoms with van der Waals surface area (Å²) in [5.74, 6) is 6.32. The smallest absolute Gasteiger partial charge is 0.307 e. The van der Waals surface area contributed by atoms with E-state index in [0.717, 1.165) is 27.9 Å². The number of nitrogens with zero attached hydrogens (tertiary/aromatic N) is 1. The van der Waals surface area contributed by atoms with E-state index in [9.17, 15) is 4.79 Å². The second-order valence-corrected chi connectivity index (χ2v) is 10.8. The fraction of sp³-hybridized carbons (Fsp3) is 0.394. The monoisotopic (exact) mass is 543 g/mol. The van der Waals surface area contributed by atoms with Crippen LogP contribution < -0.4 is 9.47 Å². The van der Waals surface area contributed by atoms with E-state index in [-0.39, 0.29) is 29.5 Å². The third-order valence-electron chi connectivity index (χ3n) is 7.58. The zero-order valence-electron chi connectivity index (χ0n) is 23.4. The minimum atomic E-state index is -0.400. The van der Waals surface area contributed by atoms with Crippen molar-refractivity contribution in [3.63, 3.8) is 0 Å². The van der Waals surface area contributed by atoms with Crippen molar-refractivity contribution >= 4 is 5.97 Å². The van der Waals surface area contributed by atoms with Crippen LogP contribution in [0.2, 0.25) is 0 Å². The molecule has 1 aliphatic heterocycles. The Bertz CT molecular complexity index is 1450. The molecule has 0 radical (unpaired) electrons. The van der Waals surface area contributed by atoms with E-state index in [1.807, 2.05) is 49.4 Å². The molecule has 40 heavy (non-hydrogen) atoms. The van der Waals surface area contributed by atoms with Gasteiger partial charge < -0.3 is 18.9 Å². The standard InChI is InChI=1S/C33H34FNO5/c1-5-6-23(17-31(36)37-4)22-7-9-24(10-8-22)40-29-15-12-27-26(11-14-28(34)32(27)29)25-13-16-30(35-21(25)2)39-20-33(3)18-38-19-33/h7-11,13-14,16,23,29H,12,15,17-20H2,1-4H3/t23-,29+/m0/s1. The van der Waals surface area contributed by atoms with Gasteiger partial charge in [0.1, 0.15) is 17.7 Å². The second-order valence-electron chi connectivity index (χ2n) is 10.8. The zero-order chi connectivity index (χ0) is 28.3. The lowest BCUT2D eigenvalue weighted by Crippen LogP contribution is -2.44. The molecule has 6 nitrogen and oxygen atoms in total. The molecule has 0 amide bonds. The molecule has 5 rings (SSSR count). The molecule has 1 aliphatic carbocycles. The molecular weight excluding hydrogens is 509 g/mol. The molecule has 0 unspecified atom stereocenters. The lowest BCUT2D eigenvalue weighted by Gasteiger charge is -2.37. The number of aryl methyl sites for hydroxylation is 1. The normalized spacial score (nSPS) is 17.6. The number of pyridine rings is 1. The maximum atomic E-state index is 15.2. The number of carbonyl (C=O) groups is 1. The van der Waals surface area contributed by atoms with Gasteiger partial charge in [0.05, 0.1) is 39.3 Å².